The zero-order valence-corrected chi connectivity index (χ0v) is 12.7. The number of para-hydroxylation sites is 1. The van der Waals surface area contributed by atoms with E-state index in [-0.39, 0.29) is 0 Å². The van der Waals surface area contributed by atoms with Gasteiger partial charge in [0.05, 0.1) is 0 Å². The normalized spacial score (nSPS) is 23.3. The summed E-state index contributed by atoms with van der Waals surface area (Å²) in [5.41, 5.74) is 1.98. The van der Waals surface area contributed by atoms with E-state index in [1.807, 2.05) is 18.2 Å². The number of fused-ring (bicyclic) bond motifs is 1. The highest BCUT2D eigenvalue weighted by Gasteiger charge is 2.23. The fraction of sp³-hybridized carbons (Fsp3) is 0.529. The van der Waals surface area contributed by atoms with Gasteiger partial charge in [-0.05, 0) is 36.4 Å². The Morgan fingerprint density at radius 1 is 1.25 bits per heavy atom. The molecule has 3 heteroatoms. The molecule has 2 unspecified atom stereocenters. The Hall–Kier alpha value is -0.990. The molecule has 2 atom stereocenters. The molecule has 0 radical (unpaired) electrons. The van der Waals surface area contributed by atoms with Crippen molar-refractivity contribution in [2.75, 3.05) is 0 Å². The van der Waals surface area contributed by atoms with Gasteiger partial charge in [0.2, 0.25) is 0 Å². The Labute approximate surface area is 125 Å². The van der Waals surface area contributed by atoms with Gasteiger partial charge in [0, 0.05) is 23.5 Å². The standard InChI is InChI=1S/C17H22ClNO/c1-2-12-7-3-5-9-15(12)19-11-14-13-8-4-6-10-16(13)20-17(14)18/h4,6,8,10,12,15,19H,2-3,5,7,9,11H2,1H3. The van der Waals surface area contributed by atoms with E-state index in [0.29, 0.717) is 11.3 Å². The minimum Gasteiger partial charge on any atom is -0.444 e. The minimum absolute atomic E-state index is 0.530. The Bertz CT molecular complexity index is 577. The van der Waals surface area contributed by atoms with Gasteiger partial charge < -0.3 is 9.73 Å². The van der Waals surface area contributed by atoms with Crippen LogP contribution in [-0.2, 0) is 6.54 Å². The quantitative estimate of drug-likeness (QED) is 0.843. The summed E-state index contributed by atoms with van der Waals surface area (Å²) in [6, 6.07) is 8.69. The first-order valence-corrected chi connectivity index (χ1v) is 8.06. The summed E-state index contributed by atoms with van der Waals surface area (Å²) in [6.07, 6.45) is 6.62. The van der Waals surface area contributed by atoms with Crippen LogP contribution in [0, 0.1) is 5.92 Å². The molecule has 0 bridgehead atoms. The molecular weight excluding hydrogens is 270 g/mol. The number of rotatable bonds is 4. The second-order valence-electron chi connectivity index (χ2n) is 5.79. The van der Waals surface area contributed by atoms with Crippen LogP contribution in [0.1, 0.15) is 44.6 Å². The fourth-order valence-electron chi connectivity index (χ4n) is 3.43. The minimum atomic E-state index is 0.530. The third kappa shape index (κ3) is 2.72. The molecule has 20 heavy (non-hydrogen) atoms. The molecule has 1 N–H and O–H groups in total. The van der Waals surface area contributed by atoms with Crippen LogP contribution in [-0.4, -0.2) is 6.04 Å². The molecule has 1 aliphatic carbocycles. The molecular formula is C17H22ClNO. The van der Waals surface area contributed by atoms with Crippen LogP contribution in [0.15, 0.2) is 28.7 Å². The molecule has 1 aliphatic rings. The van der Waals surface area contributed by atoms with Gasteiger partial charge in [-0.15, -0.1) is 0 Å². The summed E-state index contributed by atoms with van der Waals surface area (Å²) < 4.78 is 5.62. The molecule has 2 aromatic rings. The molecule has 1 saturated carbocycles. The summed E-state index contributed by atoms with van der Waals surface area (Å²) in [7, 11) is 0. The lowest BCUT2D eigenvalue weighted by atomic mass is 9.83. The van der Waals surface area contributed by atoms with Crippen LogP contribution in [0.4, 0.5) is 0 Å². The number of hydrogen-bond acceptors (Lipinski definition) is 2. The Morgan fingerprint density at radius 3 is 2.90 bits per heavy atom. The predicted octanol–water partition coefficient (Wildman–Crippen LogP) is 5.14. The molecule has 0 aliphatic heterocycles. The highest BCUT2D eigenvalue weighted by Crippen LogP contribution is 2.31. The summed E-state index contributed by atoms with van der Waals surface area (Å²) in [5, 5.41) is 5.38. The zero-order valence-electron chi connectivity index (χ0n) is 12.0. The van der Waals surface area contributed by atoms with E-state index in [1.54, 1.807) is 0 Å². The van der Waals surface area contributed by atoms with E-state index >= 15 is 0 Å². The van der Waals surface area contributed by atoms with Crippen LogP contribution in [0.25, 0.3) is 11.0 Å². The van der Waals surface area contributed by atoms with Gasteiger partial charge >= 0.3 is 0 Å². The van der Waals surface area contributed by atoms with Gasteiger partial charge in [-0.1, -0.05) is 44.4 Å². The molecule has 1 aromatic carbocycles. The number of hydrogen-bond donors (Lipinski definition) is 1. The van der Waals surface area contributed by atoms with E-state index in [4.69, 9.17) is 16.0 Å². The van der Waals surface area contributed by atoms with Crippen LogP contribution in [0.3, 0.4) is 0 Å². The van der Waals surface area contributed by atoms with Gasteiger partial charge in [-0.3, -0.25) is 0 Å². The smallest absolute Gasteiger partial charge is 0.199 e. The van der Waals surface area contributed by atoms with Gasteiger partial charge in [0.1, 0.15) is 5.58 Å². The van der Waals surface area contributed by atoms with Gasteiger partial charge in [-0.25, -0.2) is 0 Å². The number of furan rings is 1. The largest absolute Gasteiger partial charge is 0.444 e. The van der Waals surface area contributed by atoms with Crippen molar-refractivity contribution in [3.05, 3.63) is 35.0 Å². The second kappa shape index (κ2) is 6.19. The van der Waals surface area contributed by atoms with Crippen molar-refractivity contribution in [1.82, 2.24) is 5.32 Å². The van der Waals surface area contributed by atoms with Crippen molar-refractivity contribution in [2.24, 2.45) is 5.92 Å². The monoisotopic (exact) mass is 291 g/mol. The van der Waals surface area contributed by atoms with Crippen molar-refractivity contribution in [3.63, 3.8) is 0 Å². The summed E-state index contributed by atoms with van der Waals surface area (Å²) in [5.74, 6) is 0.806. The molecule has 0 amide bonds. The maximum atomic E-state index is 6.25. The van der Waals surface area contributed by atoms with E-state index in [1.165, 1.54) is 32.1 Å². The molecule has 1 aromatic heterocycles. The predicted molar refractivity (Wildman–Crippen MR) is 84.1 cm³/mol. The van der Waals surface area contributed by atoms with Crippen LogP contribution < -0.4 is 5.32 Å². The van der Waals surface area contributed by atoms with E-state index in [9.17, 15) is 0 Å². The molecule has 0 spiro atoms. The lowest BCUT2D eigenvalue weighted by Gasteiger charge is -2.31. The first-order chi connectivity index (χ1) is 9.79. The van der Waals surface area contributed by atoms with Gasteiger partial charge in [0.15, 0.2) is 5.22 Å². The van der Waals surface area contributed by atoms with Crippen LogP contribution in [0.5, 0.6) is 0 Å². The number of nitrogens with one attached hydrogen (secondary N) is 1. The molecule has 2 nitrogen and oxygen atoms in total. The first-order valence-electron chi connectivity index (χ1n) is 7.69. The average molecular weight is 292 g/mol. The molecule has 1 fully saturated rings. The Balaban J connectivity index is 1.74. The lowest BCUT2D eigenvalue weighted by molar-refractivity contribution is 0.254. The molecule has 1 heterocycles. The van der Waals surface area contributed by atoms with Crippen molar-refractivity contribution in [3.8, 4) is 0 Å². The van der Waals surface area contributed by atoms with Crippen molar-refractivity contribution < 1.29 is 4.42 Å². The Kier molecular flexibility index (Phi) is 4.32. The van der Waals surface area contributed by atoms with Crippen molar-refractivity contribution >= 4 is 22.6 Å². The maximum absolute atomic E-state index is 6.25. The van der Waals surface area contributed by atoms with Crippen LogP contribution in [0.2, 0.25) is 5.22 Å². The number of benzene rings is 1. The molecule has 108 valence electrons. The number of halogens is 1. The highest BCUT2D eigenvalue weighted by molar-refractivity contribution is 6.30. The highest BCUT2D eigenvalue weighted by atomic mass is 35.5. The van der Waals surface area contributed by atoms with E-state index < -0.39 is 0 Å². The van der Waals surface area contributed by atoms with Crippen LogP contribution >= 0.6 is 11.6 Å². The topological polar surface area (TPSA) is 25.2 Å². The SMILES string of the molecule is CCC1CCCCC1NCc1c(Cl)oc2ccccc12. The first kappa shape index (κ1) is 14.0. The van der Waals surface area contributed by atoms with Crippen molar-refractivity contribution in [2.45, 2.75) is 51.6 Å². The average Bonchev–Trinajstić information content (AvgIpc) is 2.81. The maximum Gasteiger partial charge on any atom is 0.199 e. The third-order valence-corrected chi connectivity index (χ3v) is 4.93. The molecule has 3 rings (SSSR count). The Morgan fingerprint density at radius 2 is 2.05 bits per heavy atom. The molecule has 0 saturated heterocycles. The van der Waals surface area contributed by atoms with Gasteiger partial charge in [-0.2, -0.15) is 0 Å². The summed E-state index contributed by atoms with van der Waals surface area (Å²) >= 11 is 6.25. The summed E-state index contributed by atoms with van der Waals surface area (Å²) in [6.45, 7) is 3.10. The van der Waals surface area contributed by atoms with E-state index in [0.717, 1.165) is 29.0 Å². The van der Waals surface area contributed by atoms with E-state index in [2.05, 4.69) is 18.3 Å². The van der Waals surface area contributed by atoms with Crippen molar-refractivity contribution in [1.29, 1.82) is 0 Å². The fourth-order valence-corrected chi connectivity index (χ4v) is 3.68. The third-order valence-electron chi connectivity index (χ3n) is 4.62. The zero-order chi connectivity index (χ0) is 13.9. The van der Waals surface area contributed by atoms with Gasteiger partial charge in [0.25, 0.3) is 0 Å². The summed E-state index contributed by atoms with van der Waals surface area (Å²) in [4.78, 5) is 0. The second-order valence-corrected chi connectivity index (χ2v) is 6.13. The lowest BCUT2D eigenvalue weighted by Crippen LogP contribution is -2.37.